The number of rotatable bonds is 10. The number of carbonyl (C=O) groups is 1. The lowest BCUT2D eigenvalue weighted by Gasteiger charge is -2.21. The summed E-state index contributed by atoms with van der Waals surface area (Å²) in [6, 6.07) is 14.2. The monoisotopic (exact) mass is 604 g/mol. The van der Waals surface area contributed by atoms with E-state index in [1.165, 1.54) is 0 Å². The molecule has 7 rings (SSSR count). The van der Waals surface area contributed by atoms with Gasteiger partial charge in [-0.25, -0.2) is 9.97 Å². The van der Waals surface area contributed by atoms with E-state index in [2.05, 4.69) is 43.8 Å². The van der Waals surface area contributed by atoms with E-state index in [9.17, 15) is 10.1 Å². The number of hydrogen-bond donors (Lipinski definition) is 2. The summed E-state index contributed by atoms with van der Waals surface area (Å²) < 4.78 is 12.6. The van der Waals surface area contributed by atoms with Crippen LogP contribution in [0.4, 0.5) is 11.6 Å². The van der Waals surface area contributed by atoms with Crippen LogP contribution in [0.25, 0.3) is 0 Å². The lowest BCUT2D eigenvalue weighted by Crippen LogP contribution is -2.26. The Labute approximate surface area is 262 Å². The predicted octanol–water partition coefficient (Wildman–Crippen LogP) is 4.28. The maximum Gasteiger partial charge on any atom is 0.254 e. The number of nitrogens with one attached hydrogen (secondary N) is 2. The molecule has 0 radical (unpaired) electrons. The zero-order valence-electron chi connectivity index (χ0n) is 25.7. The molecule has 4 aromatic rings. The van der Waals surface area contributed by atoms with Gasteiger partial charge in [-0.3, -0.25) is 9.48 Å². The minimum Gasteiger partial charge on any atom is -0.497 e. The Bertz CT molecular complexity index is 1780. The van der Waals surface area contributed by atoms with Crippen LogP contribution < -0.4 is 25.0 Å². The predicted molar refractivity (Wildman–Crippen MR) is 168 cm³/mol. The lowest BCUT2D eigenvalue weighted by atomic mass is 10.1. The van der Waals surface area contributed by atoms with Crippen LogP contribution in [0.15, 0.2) is 55.0 Å². The van der Waals surface area contributed by atoms with E-state index in [1.54, 1.807) is 37.5 Å². The number of pyridine rings is 2. The zero-order chi connectivity index (χ0) is 31.1. The van der Waals surface area contributed by atoms with Crippen molar-refractivity contribution in [3.05, 3.63) is 88.5 Å². The second-order valence-electron chi connectivity index (χ2n) is 12.1. The average molecular weight is 605 g/mol. The highest BCUT2D eigenvalue weighted by molar-refractivity contribution is 5.94. The molecule has 1 saturated carbocycles. The van der Waals surface area contributed by atoms with Gasteiger partial charge in [0.05, 0.1) is 50.6 Å². The molecule has 3 aliphatic rings. The number of fused-ring (bicyclic) bond motifs is 2. The number of aryl methyl sites for hydroxylation is 1. The highest BCUT2D eigenvalue weighted by Crippen LogP contribution is 2.51. The molecule has 45 heavy (non-hydrogen) atoms. The fourth-order valence-corrected chi connectivity index (χ4v) is 6.83. The molecule has 1 amide bonds. The van der Waals surface area contributed by atoms with Gasteiger partial charge in [-0.05, 0) is 72.6 Å². The Balaban J connectivity index is 0.968. The molecule has 2 fully saturated rings. The number of nitriles is 1. The van der Waals surface area contributed by atoms with Crippen molar-refractivity contribution in [2.75, 3.05) is 37.5 Å². The fraction of sp³-hybridized carbons (Fsp3) is 0.382. The lowest BCUT2D eigenvalue weighted by molar-refractivity contribution is 0.0936. The molecule has 1 saturated heterocycles. The van der Waals surface area contributed by atoms with Crippen LogP contribution in [0.5, 0.6) is 11.5 Å². The van der Waals surface area contributed by atoms with Crippen molar-refractivity contribution < 1.29 is 14.3 Å². The average Bonchev–Trinajstić information content (AvgIpc) is 3.49. The molecule has 1 aliphatic heterocycles. The Hall–Kier alpha value is -5.11. The first-order chi connectivity index (χ1) is 21.9. The number of anilines is 2. The number of nitrogens with zero attached hydrogens (tertiary/aromatic N) is 6. The number of methoxy groups -OCH3 is 2. The van der Waals surface area contributed by atoms with Crippen molar-refractivity contribution in [3.63, 3.8) is 0 Å². The molecule has 4 heterocycles. The van der Waals surface area contributed by atoms with Gasteiger partial charge in [0.2, 0.25) is 0 Å². The molecule has 11 nitrogen and oxygen atoms in total. The van der Waals surface area contributed by atoms with Gasteiger partial charge in [-0.15, -0.1) is 0 Å². The van der Waals surface area contributed by atoms with E-state index in [0.29, 0.717) is 30.5 Å². The SMILES string of the molecule is COc1ccc(CNc2nccc3c2CC[C@H]3NC(=O)c2cnn(Cc3ccc(N4C[C@@H]5[C@H](C#N)[C@@H]5C4)nc3C)c2)c(OC)c1. The number of hydrogen-bond acceptors (Lipinski definition) is 9. The Morgan fingerprint density at radius 2 is 1.93 bits per heavy atom. The topological polar surface area (TPSA) is 130 Å². The van der Waals surface area contributed by atoms with Gasteiger partial charge in [0.25, 0.3) is 5.91 Å². The first-order valence-corrected chi connectivity index (χ1v) is 15.3. The first kappa shape index (κ1) is 28.6. The molecule has 2 N–H and O–H groups in total. The maximum absolute atomic E-state index is 13.3. The molecule has 1 aromatic carbocycles. The van der Waals surface area contributed by atoms with Gasteiger partial charge in [0, 0.05) is 49.4 Å². The largest absolute Gasteiger partial charge is 0.497 e. The smallest absolute Gasteiger partial charge is 0.254 e. The second-order valence-corrected chi connectivity index (χ2v) is 12.1. The van der Waals surface area contributed by atoms with E-state index < -0.39 is 0 Å². The molecular formula is C34H36N8O3. The number of piperidine rings is 1. The van der Waals surface area contributed by atoms with E-state index in [4.69, 9.17) is 14.5 Å². The van der Waals surface area contributed by atoms with Gasteiger partial charge in [-0.1, -0.05) is 6.07 Å². The summed E-state index contributed by atoms with van der Waals surface area (Å²) in [6.07, 6.45) is 6.80. The highest BCUT2D eigenvalue weighted by Gasteiger charge is 2.56. The normalized spacial score (nSPS) is 21.1. The number of benzene rings is 1. The second kappa shape index (κ2) is 11.8. The Morgan fingerprint density at radius 1 is 1.11 bits per heavy atom. The maximum atomic E-state index is 13.3. The summed E-state index contributed by atoms with van der Waals surface area (Å²) in [5, 5.41) is 20.3. The highest BCUT2D eigenvalue weighted by atomic mass is 16.5. The molecule has 0 spiro atoms. The van der Waals surface area contributed by atoms with Crippen LogP contribution in [-0.4, -0.2) is 53.0 Å². The third kappa shape index (κ3) is 5.52. The summed E-state index contributed by atoms with van der Waals surface area (Å²) in [5.41, 5.74) is 5.71. The van der Waals surface area contributed by atoms with Gasteiger partial charge in [0.1, 0.15) is 23.1 Å². The van der Waals surface area contributed by atoms with Crippen LogP contribution in [0.1, 0.15) is 50.8 Å². The van der Waals surface area contributed by atoms with Crippen molar-refractivity contribution in [2.45, 2.75) is 38.9 Å². The van der Waals surface area contributed by atoms with Gasteiger partial charge in [-0.2, -0.15) is 10.4 Å². The third-order valence-corrected chi connectivity index (χ3v) is 9.47. The zero-order valence-corrected chi connectivity index (χ0v) is 25.7. The molecule has 11 heteroatoms. The minimum absolute atomic E-state index is 0.103. The fourth-order valence-electron chi connectivity index (χ4n) is 6.83. The van der Waals surface area contributed by atoms with Gasteiger partial charge < -0.3 is 25.0 Å². The van der Waals surface area contributed by atoms with Crippen LogP contribution in [-0.2, 0) is 19.5 Å². The van der Waals surface area contributed by atoms with Crippen molar-refractivity contribution in [1.29, 1.82) is 5.26 Å². The molecule has 3 aromatic heterocycles. The van der Waals surface area contributed by atoms with E-state index in [0.717, 1.165) is 77.0 Å². The number of ether oxygens (including phenoxy) is 2. The molecular weight excluding hydrogens is 568 g/mol. The van der Waals surface area contributed by atoms with E-state index in [1.807, 2.05) is 31.2 Å². The third-order valence-electron chi connectivity index (χ3n) is 9.47. The molecule has 2 aliphatic carbocycles. The number of aromatic nitrogens is 4. The van der Waals surface area contributed by atoms with Crippen LogP contribution in [0.2, 0.25) is 0 Å². The summed E-state index contributed by atoms with van der Waals surface area (Å²) in [7, 11) is 3.28. The van der Waals surface area contributed by atoms with Gasteiger partial charge in [0.15, 0.2) is 0 Å². The van der Waals surface area contributed by atoms with E-state index in [-0.39, 0.29) is 17.9 Å². The molecule has 230 valence electrons. The van der Waals surface area contributed by atoms with Crippen molar-refractivity contribution in [1.82, 2.24) is 25.1 Å². The number of amides is 1. The number of carbonyl (C=O) groups excluding carboxylic acids is 1. The van der Waals surface area contributed by atoms with E-state index >= 15 is 0 Å². The van der Waals surface area contributed by atoms with Gasteiger partial charge >= 0.3 is 0 Å². The summed E-state index contributed by atoms with van der Waals surface area (Å²) in [5.74, 6) is 4.33. The molecule has 0 unspecified atom stereocenters. The van der Waals surface area contributed by atoms with Crippen molar-refractivity contribution in [2.24, 2.45) is 17.8 Å². The first-order valence-electron chi connectivity index (χ1n) is 15.3. The van der Waals surface area contributed by atoms with Crippen LogP contribution >= 0.6 is 0 Å². The van der Waals surface area contributed by atoms with Crippen molar-refractivity contribution >= 4 is 17.5 Å². The quantitative estimate of drug-likeness (QED) is 0.272. The Kier molecular flexibility index (Phi) is 7.49. The molecule has 4 atom stereocenters. The summed E-state index contributed by atoms with van der Waals surface area (Å²) >= 11 is 0. The molecule has 0 bridgehead atoms. The Morgan fingerprint density at radius 3 is 2.69 bits per heavy atom. The minimum atomic E-state index is -0.151. The van der Waals surface area contributed by atoms with Crippen LogP contribution in [0, 0.1) is 36.0 Å². The van der Waals surface area contributed by atoms with Crippen LogP contribution in [0.3, 0.4) is 0 Å². The summed E-state index contributed by atoms with van der Waals surface area (Å²) in [6.45, 7) is 4.90. The summed E-state index contributed by atoms with van der Waals surface area (Å²) in [4.78, 5) is 25.0. The van der Waals surface area contributed by atoms with Crippen molar-refractivity contribution in [3.8, 4) is 17.6 Å². The standard InChI is InChI=1S/C34H36N8O3/c1-20-22(5-9-32(39-20)41-18-28-27(13-35)29(28)19-41)16-42-17-23(15-38-42)34(43)40-30-8-7-26-25(30)10-11-36-33(26)37-14-21-4-6-24(44-2)12-31(21)45-3/h4-6,9-12,15,17,27-30H,7-8,14,16,18-19H2,1-3H3,(H,36,37)(H,40,43)/t27-,28+,29-,30-/m1/s1.